The summed E-state index contributed by atoms with van der Waals surface area (Å²) in [6, 6.07) is 16.1. The highest BCUT2D eigenvalue weighted by atomic mass is 35.5. The lowest BCUT2D eigenvalue weighted by molar-refractivity contribution is 0.0951. The van der Waals surface area contributed by atoms with Gasteiger partial charge in [-0.2, -0.15) is 5.10 Å². The maximum Gasteiger partial charge on any atom is 0.276 e. The molecule has 2 atom stereocenters. The van der Waals surface area contributed by atoms with Crippen LogP contribution in [-0.4, -0.2) is 51.9 Å². The Bertz CT molecular complexity index is 2500. The summed E-state index contributed by atoms with van der Waals surface area (Å²) in [5.41, 5.74) is 10.6. The molecular weight excluding hydrogens is 695 g/mol. The van der Waals surface area contributed by atoms with Gasteiger partial charge in [-0.05, 0) is 94.5 Å². The highest BCUT2D eigenvalue weighted by Gasteiger charge is 2.42. The lowest BCUT2D eigenvalue weighted by Crippen LogP contribution is -2.47. The summed E-state index contributed by atoms with van der Waals surface area (Å²) in [5.74, 6) is 0.647. The van der Waals surface area contributed by atoms with E-state index in [2.05, 4.69) is 46.9 Å². The van der Waals surface area contributed by atoms with Gasteiger partial charge in [-0.15, -0.1) is 5.10 Å². The number of ether oxygens (including phenoxy) is 1. The number of carbonyl (C=O) groups is 1. The number of para-hydroxylation sites is 1. The molecule has 0 saturated carbocycles. The van der Waals surface area contributed by atoms with Crippen molar-refractivity contribution in [3.05, 3.63) is 106 Å². The van der Waals surface area contributed by atoms with Crippen molar-refractivity contribution >= 4 is 56.6 Å². The molecule has 10 nitrogen and oxygen atoms in total. The molecule has 12 heteroatoms. The first-order valence-electron chi connectivity index (χ1n) is 17.5. The average Bonchev–Trinajstić information content (AvgIpc) is 3.90. The Morgan fingerprint density at radius 1 is 0.981 bits per heavy atom. The first-order valence-corrected chi connectivity index (χ1v) is 18.3. The Morgan fingerprint density at radius 3 is 2.44 bits per heavy atom. The maximum atomic E-state index is 15.2. The standard InChI is InChI=1S/C40H40Cl2N8O2/c1-22-18-28(19-23(2)36(22)41)52-17-9-12-30-29-10-8-11-31(35-24(3)44-47(7)25(35)4)37(29)49-26(5)39(42)50(40(51)38(30)49)34-21-46(6)33-14-13-27(20-32(33)34)48-16-15-43-45-48/h8,10-11,13-16,18-21,26,39H,9,12,17H2,1-7H3/t26?,39-/m0/s1. The summed E-state index contributed by atoms with van der Waals surface area (Å²) in [6.45, 7) is 10.7. The third-order valence-corrected chi connectivity index (χ3v) is 11.7. The third kappa shape index (κ3) is 5.30. The minimum Gasteiger partial charge on any atom is -0.494 e. The zero-order valence-corrected chi connectivity index (χ0v) is 31.8. The highest BCUT2D eigenvalue weighted by Crippen LogP contribution is 2.46. The number of aromatic nitrogens is 7. The van der Waals surface area contributed by atoms with E-state index >= 15 is 4.79 Å². The number of aryl methyl sites for hydroxylation is 6. The number of hydrogen-bond acceptors (Lipinski definition) is 5. The van der Waals surface area contributed by atoms with Gasteiger partial charge in [0.1, 0.15) is 16.9 Å². The van der Waals surface area contributed by atoms with Crippen molar-refractivity contribution in [2.45, 2.75) is 59.0 Å². The van der Waals surface area contributed by atoms with Crippen LogP contribution in [0.1, 0.15) is 58.0 Å². The molecule has 1 aliphatic heterocycles. The van der Waals surface area contributed by atoms with Crippen molar-refractivity contribution in [1.29, 1.82) is 0 Å². The second-order valence-corrected chi connectivity index (χ2v) is 14.7. The van der Waals surface area contributed by atoms with E-state index < -0.39 is 5.50 Å². The van der Waals surface area contributed by atoms with Crippen molar-refractivity contribution in [2.24, 2.45) is 14.1 Å². The molecule has 1 aliphatic rings. The molecule has 0 aliphatic carbocycles. The van der Waals surface area contributed by atoms with Crippen LogP contribution in [0.5, 0.6) is 5.75 Å². The van der Waals surface area contributed by atoms with Gasteiger partial charge < -0.3 is 13.9 Å². The minimum atomic E-state index is -0.673. The predicted molar refractivity (Wildman–Crippen MR) is 207 cm³/mol. The van der Waals surface area contributed by atoms with Crippen molar-refractivity contribution in [2.75, 3.05) is 11.5 Å². The predicted octanol–water partition coefficient (Wildman–Crippen LogP) is 8.80. The summed E-state index contributed by atoms with van der Waals surface area (Å²) < 4.78 is 14.1. The second kappa shape index (κ2) is 12.9. The van der Waals surface area contributed by atoms with E-state index in [-0.39, 0.29) is 11.9 Å². The Hall–Kier alpha value is -5.06. The van der Waals surface area contributed by atoms with Crippen LogP contribution < -0.4 is 9.64 Å². The Balaban J connectivity index is 1.27. The zero-order valence-electron chi connectivity index (χ0n) is 30.3. The molecule has 266 valence electrons. The van der Waals surface area contributed by atoms with E-state index in [4.69, 9.17) is 33.0 Å². The molecule has 7 aromatic rings. The molecule has 0 bridgehead atoms. The number of hydrogen-bond donors (Lipinski definition) is 0. The molecule has 8 rings (SSSR count). The molecule has 0 radical (unpaired) electrons. The first-order chi connectivity index (χ1) is 25.0. The van der Waals surface area contributed by atoms with Gasteiger partial charge in [-0.25, -0.2) is 4.68 Å². The molecule has 0 N–H and O–H groups in total. The molecule has 0 spiro atoms. The normalized spacial score (nSPS) is 16.0. The quantitative estimate of drug-likeness (QED) is 0.0885. The Morgan fingerprint density at radius 2 is 1.75 bits per heavy atom. The fraction of sp³-hybridized carbons (Fsp3) is 0.300. The molecule has 0 saturated heterocycles. The van der Waals surface area contributed by atoms with Crippen molar-refractivity contribution < 1.29 is 9.53 Å². The number of anilines is 1. The van der Waals surface area contributed by atoms with Gasteiger partial charge in [0.15, 0.2) is 0 Å². The van der Waals surface area contributed by atoms with Crippen molar-refractivity contribution in [3.8, 4) is 22.6 Å². The Kier molecular flexibility index (Phi) is 8.42. The van der Waals surface area contributed by atoms with Gasteiger partial charge in [0.2, 0.25) is 0 Å². The first kappa shape index (κ1) is 34.0. The second-order valence-electron chi connectivity index (χ2n) is 13.9. The summed E-state index contributed by atoms with van der Waals surface area (Å²) in [4.78, 5) is 17.0. The third-order valence-electron chi connectivity index (χ3n) is 10.5. The van der Waals surface area contributed by atoms with Crippen LogP contribution in [0, 0.1) is 27.7 Å². The molecule has 4 aromatic heterocycles. The summed E-state index contributed by atoms with van der Waals surface area (Å²) >= 11 is 13.9. The number of carbonyl (C=O) groups excluding carboxylic acids is 1. The summed E-state index contributed by atoms with van der Waals surface area (Å²) in [5, 5.41) is 15.6. The van der Waals surface area contributed by atoms with Crippen LogP contribution in [0.2, 0.25) is 5.02 Å². The van der Waals surface area contributed by atoms with Gasteiger partial charge >= 0.3 is 0 Å². The monoisotopic (exact) mass is 734 g/mol. The van der Waals surface area contributed by atoms with Crippen molar-refractivity contribution in [1.82, 2.24) is 33.9 Å². The molecule has 3 aromatic carbocycles. The van der Waals surface area contributed by atoms with E-state index in [9.17, 15) is 0 Å². The molecular formula is C40H40Cl2N8O2. The van der Waals surface area contributed by atoms with E-state index in [1.165, 1.54) is 0 Å². The smallest absolute Gasteiger partial charge is 0.276 e. The number of rotatable bonds is 8. The SMILES string of the molecule is Cc1cc(OCCCc2c3n(c4c(-c5c(C)nn(C)c5C)cccc24)C(C)[C@@H](Cl)N(c2cn(C)c4ccc(-n5ccnn5)cc24)C3=O)cc(C)c1Cl. The molecule has 1 amide bonds. The van der Waals surface area contributed by atoms with E-state index in [0.29, 0.717) is 25.1 Å². The summed E-state index contributed by atoms with van der Waals surface area (Å²) in [6.07, 6.45) is 6.76. The van der Waals surface area contributed by atoms with Gasteiger partial charge in [0.25, 0.3) is 5.91 Å². The molecule has 1 unspecified atom stereocenters. The van der Waals surface area contributed by atoms with Gasteiger partial charge in [-0.3, -0.25) is 14.4 Å². The minimum absolute atomic E-state index is 0.140. The van der Waals surface area contributed by atoms with Crippen LogP contribution in [-0.2, 0) is 20.5 Å². The number of alkyl halides is 1. The van der Waals surface area contributed by atoms with E-state index in [1.807, 2.05) is 80.6 Å². The van der Waals surface area contributed by atoms with Gasteiger partial charge in [0.05, 0.1) is 53.1 Å². The lowest BCUT2D eigenvalue weighted by Gasteiger charge is -2.38. The van der Waals surface area contributed by atoms with Crippen molar-refractivity contribution in [3.63, 3.8) is 0 Å². The van der Waals surface area contributed by atoms with Gasteiger partial charge in [-0.1, -0.05) is 46.6 Å². The number of halogens is 2. The topological polar surface area (TPSA) is 87.9 Å². The van der Waals surface area contributed by atoms with Gasteiger partial charge in [0, 0.05) is 52.9 Å². The fourth-order valence-electron chi connectivity index (χ4n) is 7.96. The van der Waals surface area contributed by atoms with E-state index in [1.54, 1.807) is 22.0 Å². The molecule has 52 heavy (non-hydrogen) atoms. The molecule has 5 heterocycles. The molecule has 0 fully saturated rings. The van der Waals surface area contributed by atoms with Crippen LogP contribution in [0.25, 0.3) is 38.6 Å². The largest absolute Gasteiger partial charge is 0.494 e. The fourth-order valence-corrected chi connectivity index (χ4v) is 8.38. The summed E-state index contributed by atoms with van der Waals surface area (Å²) in [7, 11) is 3.95. The highest BCUT2D eigenvalue weighted by molar-refractivity contribution is 6.32. The number of nitrogens with zero attached hydrogens (tertiary/aromatic N) is 8. The maximum absolute atomic E-state index is 15.2. The number of amides is 1. The number of benzene rings is 3. The lowest BCUT2D eigenvalue weighted by atomic mass is 9.98. The van der Waals surface area contributed by atoms with Crippen LogP contribution >= 0.6 is 23.2 Å². The van der Waals surface area contributed by atoms with Crippen LogP contribution in [0.4, 0.5) is 5.69 Å². The van der Waals surface area contributed by atoms with Crippen LogP contribution in [0.3, 0.4) is 0 Å². The van der Waals surface area contributed by atoms with E-state index in [0.717, 1.165) is 83.2 Å². The Labute approximate surface area is 312 Å². The number of fused-ring (bicyclic) bond motifs is 4. The zero-order chi connectivity index (χ0) is 36.6. The average molecular weight is 736 g/mol. The van der Waals surface area contributed by atoms with Crippen LogP contribution in [0.15, 0.2) is 67.1 Å².